The van der Waals surface area contributed by atoms with Gasteiger partial charge in [-0.3, -0.25) is 0 Å². The predicted octanol–water partition coefficient (Wildman–Crippen LogP) is 3.52. The van der Waals surface area contributed by atoms with E-state index < -0.39 is 0 Å². The van der Waals surface area contributed by atoms with Crippen LogP contribution in [0.25, 0.3) is 0 Å². The van der Waals surface area contributed by atoms with Gasteiger partial charge in [-0.15, -0.1) is 0 Å². The summed E-state index contributed by atoms with van der Waals surface area (Å²) in [7, 11) is 0. The van der Waals surface area contributed by atoms with Gasteiger partial charge in [-0.1, -0.05) is 30.7 Å². The normalized spacial score (nSPS) is 21.8. The topological polar surface area (TPSA) is 21.3 Å². The maximum Gasteiger partial charge on any atom is 0.0769 e. The highest BCUT2D eigenvalue weighted by Gasteiger charge is 2.26. The van der Waals surface area contributed by atoms with Crippen molar-refractivity contribution in [3.8, 4) is 0 Å². The molecule has 100 valence electrons. The van der Waals surface area contributed by atoms with Crippen LogP contribution in [0.5, 0.6) is 0 Å². The third kappa shape index (κ3) is 3.12. The summed E-state index contributed by atoms with van der Waals surface area (Å²) >= 11 is 0. The molecule has 1 fully saturated rings. The van der Waals surface area contributed by atoms with Gasteiger partial charge in [0.1, 0.15) is 0 Å². The minimum atomic E-state index is 0.333. The van der Waals surface area contributed by atoms with Gasteiger partial charge in [-0.25, -0.2) is 0 Å². The Morgan fingerprint density at radius 3 is 2.78 bits per heavy atom. The molecule has 0 amide bonds. The van der Waals surface area contributed by atoms with Crippen molar-refractivity contribution >= 4 is 0 Å². The molecule has 1 aliphatic rings. The fourth-order valence-electron chi connectivity index (χ4n) is 2.86. The first-order chi connectivity index (χ1) is 8.72. The molecular weight excluding hydrogens is 222 g/mol. The first-order valence-electron chi connectivity index (χ1n) is 7.14. The Bertz CT molecular complexity index is 383. The molecule has 2 heteroatoms. The van der Waals surface area contributed by atoms with Gasteiger partial charge in [0.05, 0.1) is 12.1 Å². The number of benzene rings is 1. The Labute approximate surface area is 111 Å². The van der Waals surface area contributed by atoms with Gasteiger partial charge in [0.25, 0.3) is 0 Å². The lowest BCUT2D eigenvalue weighted by Gasteiger charge is -2.32. The summed E-state index contributed by atoms with van der Waals surface area (Å²) < 4.78 is 5.97. The monoisotopic (exact) mass is 247 g/mol. The van der Waals surface area contributed by atoms with Crippen LogP contribution in [0.15, 0.2) is 18.2 Å². The molecule has 0 aliphatic carbocycles. The van der Waals surface area contributed by atoms with Crippen molar-refractivity contribution in [3.63, 3.8) is 0 Å². The second-order valence-electron chi connectivity index (χ2n) is 5.30. The number of hydrogen-bond acceptors (Lipinski definition) is 2. The number of hydrogen-bond donors (Lipinski definition) is 1. The lowest BCUT2D eigenvalue weighted by Crippen LogP contribution is -2.36. The van der Waals surface area contributed by atoms with Crippen LogP contribution < -0.4 is 5.32 Å². The van der Waals surface area contributed by atoms with Crippen LogP contribution in [0, 0.1) is 13.8 Å². The highest BCUT2D eigenvalue weighted by atomic mass is 16.5. The Balaban J connectivity index is 2.22. The van der Waals surface area contributed by atoms with Gasteiger partial charge < -0.3 is 10.1 Å². The van der Waals surface area contributed by atoms with Gasteiger partial charge in [0, 0.05) is 6.61 Å². The summed E-state index contributed by atoms with van der Waals surface area (Å²) in [5.74, 6) is 0. The molecule has 0 aromatic heterocycles. The first kappa shape index (κ1) is 13.6. The Kier molecular flexibility index (Phi) is 4.79. The third-order valence-electron chi connectivity index (χ3n) is 3.77. The zero-order chi connectivity index (χ0) is 13.0. The molecule has 1 heterocycles. The Morgan fingerprint density at radius 2 is 2.17 bits per heavy atom. The average molecular weight is 247 g/mol. The van der Waals surface area contributed by atoms with E-state index in [4.69, 9.17) is 4.74 Å². The van der Waals surface area contributed by atoms with E-state index in [1.807, 2.05) is 0 Å². The van der Waals surface area contributed by atoms with Gasteiger partial charge in [-0.05, 0) is 50.8 Å². The standard InChI is InChI=1S/C16H25NO/c1-4-17-16(15-7-5-6-10-18-15)14-9-8-12(2)11-13(14)3/h8-9,11,15-17H,4-7,10H2,1-3H3. The number of rotatable bonds is 4. The number of aryl methyl sites for hydroxylation is 2. The molecule has 2 rings (SSSR count). The SMILES string of the molecule is CCNC(c1ccc(C)cc1C)C1CCCCO1. The summed E-state index contributed by atoms with van der Waals surface area (Å²) in [5, 5.41) is 3.60. The van der Waals surface area contributed by atoms with E-state index in [9.17, 15) is 0 Å². The summed E-state index contributed by atoms with van der Waals surface area (Å²) in [5.41, 5.74) is 4.10. The summed E-state index contributed by atoms with van der Waals surface area (Å²) in [4.78, 5) is 0. The van der Waals surface area contributed by atoms with Crippen LogP contribution in [-0.4, -0.2) is 19.3 Å². The van der Waals surface area contributed by atoms with E-state index in [2.05, 4.69) is 44.3 Å². The van der Waals surface area contributed by atoms with Crippen molar-refractivity contribution in [1.29, 1.82) is 0 Å². The summed E-state index contributed by atoms with van der Waals surface area (Å²) in [6, 6.07) is 7.07. The van der Waals surface area contributed by atoms with E-state index in [1.165, 1.54) is 36.0 Å². The van der Waals surface area contributed by atoms with E-state index in [0.29, 0.717) is 12.1 Å². The smallest absolute Gasteiger partial charge is 0.0769 e. The van der Waals surface area contributed by atoms with Crippen LogP contribution in [0.4, 0.5) is 0 Å². The third-order valence-corrected chi connectivity index (χ3v) is 3.77. The fraction of sp³-hybridized carbons (Fsp3) is 0.625. The number of likely N-dealkylation sites (N-methyl/N-ethyl adjacent to an activating group) is 1. The molecule has 0 spiro atoms. The first-order valence-corrected chi connectivity index (χ1v) is 7.14. The van der Waals surface area contributed by atoms with Crippen LogP contribution >= 0.6 is 0 Å². The minimum Gasteiger partial charge on any atom is -0.376 e. The Hall–Kier alpha value is -0.860. The zero-order valence-electron chi connectivity index (χ0n) is 11.8. The highest BCUT2D eigenvalue weighted by Crippen LogP contribution is 2.28. The van der Waals surface area contributed by atoms with Crippen LogP contribution in [-0.2, 0) is 4.74 Å². The maximum atomic E-state index is 5.97. The number of ether oxygens (including phenoxy) is 1. The minimum absolute atomic E-state index is 0.333. The van der Waals surface area contributed by atoms with E-state index >= 15 is 0 Å². The van der Waals surface area contributed by atoms with E-state index in [1.54, 1.807) is 0 Å². The van der Waals surface area contributed by atoms with Crippen LogP contribution in [0.3, 0.4) is 0 Å². The average Bonchev–Trinajstić information content (AvgIpc) is 2.38. The molecule has 2 atom stereocenters. The molecule has 18 heavy (non-hydrogen) atoms. The zero-order valence-corrected chi connectivity index (χ0v) is 11.8. The molecule has 2 unspecified atom stereocenters. The van der Waals surface area contributed by atoms with Crippen molar-refractivity contribution in [2.75, 3.05) is 13.2 Å². The molecule has 1 saturated heterocycles. The quantitative estimate of drug-likeness (QED) is 0.879. The molecule has 1 N–H and O–H groups in total. The van der Waals surface area contributed by atoms with Crippen molar-refractivity contribution in [1.82, 2.24) is 5.32 Å². The van der Waals surface area contributed by atoms with E-state index in [0.717, 1.165) is 13.2 Å². The molecule has 1 aromatic carbocycles. The lowest BCUT2D eigenvalue weighted by atomic mass is 9.92. The van der Waals surface area contributed by atoms with Gasteiger partial charge in [0.2, 0.25) is 0 Å². The summed E-state index contributed by atoms with van der Waals surface area (Å²) in [6.45, 7) is 8.42. The summed E-state index contributed by atoms with van der Waals surface area (Å²) in [6.07, 6.45) is 4.00. The van der Waals surface area contributed by atoms with Gasteiger partial charge in [-0.2, -0.15) is 0 Å². The number of nitrogens with one attached hydrogen (secondary N) is 1. The van der Waals surface area contributed by atoms with Crippen molar-refractivity contribution in [2.24, 2.45) is 0 Å². The van der Waals surface area contributed by atoms with Crippen molar-refractivity contribution in [2.45, 2.75) is 52.2 Å². The lowest BCUT2D eigenvalue weighted by molar-refractivity contribution is -0.00799. The van der Waals surface area contributed by atoms with Crippen molar-refractivity contribution < 1.29 is 4.74 Å². The van der Waals surface area contributed by atoms with Gasteiger partial charge in [0.15, 0.2) is 0 Å². The second kappa shape index (κ2) is 6.35. The molecule has 0 radical (unpaired) electrons. The van der Waals surface area contributed by atoms with Crippen LogP contribution in [0.2, 0.25) is 0 Å². The molecular formula is C16H25NO. The highest BCUT2D eigenvalue weighted by molar-refractivity contribution is 5.33. The second-order valence-corrected chi connectivity index (χ2v) is 5.30. The molecule has 0 bridgehead atoms. The Morgan fingerprint density at radius 1 is 1.33 bits per heavy atom. The molecule has 0 saturated carbocycles. The van der Waals surface area contributed by atoms with Gasteiger partial charge >= 0.3 is 0 Å². The van der Waals surface area contributed by atoms with Crippen molar-refractivity contribution in [3.05, 3.63) is 34.9 Å². The fourth-order valence-corrected chi connectivity index (χ4v) is 2.86. The molecule has 1 aliphatic heterocycles. The van der Waals surface area contributed by atoms with E-state index in [-0.39, 0.29) is 0 Å². The van der Waals surface area contributed by atoms with Crippen LogP contribution in [0.1, 0.15) is 48.9 Å². The molecule has 2 nitrogen and oxygen atoms in total. The maximum absolute atomic E-state index is 5.97. The molecule has 1 aromatic rings. The largest absolute Gasteiger partial charge is 0.376 e. The predicted molar refractivity (Wildman–Crippen MR) is 75.9 cm³/mol.